The molecule has 1 atom stereocenters. The molecule has 0 bridgehead atoms. The van der Waals surface area contributed by atoms with Gasteiger partial charge in [-0.3, -0.25) is 4.79 Å². The van der Waals surface area contributed by atoms with Crippen molar-refractivity contribution < 1.29 is 9.53 Å². The van der Waals surface area contributed by atoms with Crippen LogP contribution in [0.1, 0.15) is 45.4 Å². The van der Waals surface area contributed by atoms with Gasteiger partial charge in [0, 0.05) is 0 Å². The predicted octanol–water partition coefficient (Wildman–Crippen LogP) is 2.04. The van der Waals surface area contributed by atoms with Crippen LogP contribution < -0.4 is 5.32 Å². The molecule has 1 aliphatic heterocycles. The molecule has 1 aliphatic rings. The minimum absolute atomic E-state index is 0.114. The molecule has 19 heavy (non-hydrogen) atoms. The van der Waals surface area contributed by atoms with Gasteiger partial charge in [-0.25, -0.2) is 0 Å². The molecule has 1 N–H and O–H groups in total. The van der Waals surface area contributed by atoms with Gasteiger partial charge in [-0.2, -0.15) is 0 Å². The molecule has 1 fully saturated rings. The molecule has 0 aromatic carbocycles. The molecular formula is C15H30N2O2. The van der Waals surface area contributed by atoms with Crippen LogP contribution in [0.5, 0.6) is 0 Å². The molecule has 1 rings (SSSR count). The van der Waals surface area contributed by atoms with Gasteiger partial charge in [0.05, 0.1) is 7.11 Å². The molecule has 0 aromatic heterocycles. The maximum atomic E-state index is 11.7. The maximum Gasteiger partial charge on any atom is 0.322 e. The van der Waals surface area contributed by atoms with E-state index in [0.29, 0.717) is 0 Å². The monoisotopic (exact) mass is 270 g/mol. The Hall–Kier alpha value is -0.610. The predicted molar refractivity (Wildman–Crippen MR) is 78.2 cm³/mol. The van der Waals surface area contributed by atoms with Crippen molar-refractivity contribution in [2.75, 3.05) is 33.8 Å². The number of ether oxygens (including phenoxy) is 1. The van der Waals surface area contributed by atoms with Gasteiger partial charge >= 0.3 is 5.97 Å². The number of nitrogens with zero attached hydrogens (tertiary/aromatic N) is 1. The molecule has 112 valence electrons. The summed E-state index contributed by atoms with van der Waals surface area (Å²) in [5, 5.41) is 3.38. The highest BCUT2D eigenvalue weighted by Crippen LogP contribution is 2.18. The Morgan fingerprint density at radius 2 is 2.11 bits per heavy atom. The topological polar surface area (TPSA) is 41.6 Å². The fourth-order valence-corrected chi connectivity index (χ4v) is 2.67. The summed E-state index contributed by atoms with van der Waals surface area (Å²) in [4.78, 5) is 14.0. The number of carbonyl (C=O) groups is 1. The van der Waals surface area contributed by atoms with E-state index >= 15 is 0 Å². The van der Waals surface area contributed by atoms with Gasteiger partial charge in [0.2, 0.25) is 0 Å². The zero-order valence-corrected chi connectivity index (χ0v) is 12.8. The first-order valence-corrected chi connectivity index (χ1v) is 7.67. The van der Waals surface area contributed by atoms with Gasteiger partial charge in [-0.05, 0) is 58.3 Å². The van der Waals surface area contributed by atoms with E-state index in [2.05, 4.69) is 24.2 Å². The number of piperidine rings is 1. The third-order valence-corrected chi connectivity index (χ3v) is 4.11. The van der Waals surface area contributed by atoms with Gasteiger partial charge in [0.15, 0.2) is 0 Å². The van der Waals surface area contributed by atoms with E-state index in [1.165, 1.54) is 39.5 Å². The third-order valence-electron chi connectivity index (χ3n) is 4.11. The van der Waals surface area contributed by atoms with Crippen molar-refractivity contribution in [2.24, 2.45) is 5.92 Å². The Kier molecular flexibility index (Phi) is 8.07. The van der Waals surface area contributed by atoms with Crippen LogP contribution in [0.25, 0.3) is 0 Å². The van der Waals surface area contributed by atoms with Crippen LogP contribution in [-0.4, -0.2) is 50.7 Å². The second-order valence-corrected chi connectivity index (χ2v) is 5.71. The van der Waals surface area contributed by atoms with Crippen molar-refractivity contribution in [1.29, 1.82) is 0 Å². The van der Waals surface area contributed by atoms with Crippen LogP contribution in [0.3, 0.4) is 0 Å². The lowest BCUT2D eigenvalue weighted by molar-refractivity contribution is -0.143. The first-order valence-electron chi connectivity index (χ1n) is 7.67. The van der Waals surface area contributed by atoms with Crippen molar-refractivity contribution in [1.82, 2.24) is 10.2 Å². The van der Waals surface area contributed by atoms with Crippen LogP contribution in [0, 0.1) is 5.92 Å². The first-order chi connectivity index (χ1) is 9.17. The number of carbonyl (C=O) groups excluding carboxylic acids is 1. The molecule has 4 nitrogen and oxygen atoms in total. The zero-order chi connectivity index (χ0) is 14.1. The summed E-state index contributed by atoms with van der Waals surface area (Å²) in [5.41, 5.74) is 0. The van der Waals surface area contributed by atoms with Gasteiger partial charge in [0.25, 0.3) is 0 Å². The molecule has 1 saturated heterocycles. The van der Waals surface area contributed by atoms with Crippen molar-refractivity contribution in [3.63, 3.8) is 0 Å². The number of methoxy groups -OCH3 is 1. The summed E-state index contributed by atoms with van der Waals surface area (Å²) in [6, 6.07) is -0.115. The van der Waals surface area contributed by atoms with Crippen LogP contribution in [0.15, 0.2) is 0 Å². The molecule has 0 radical (unpaired) electrons. The second kappa shape index (κ2) is 9.32. The molecule has 0 aromatic rings. The van der Waals surface area contributed by atoms with Crippen molar-refractivity contribution in [2.45, 2.75) is 51.5 Å². The number of likely N-dealkylation sites (tertiary alicyclic amines) is 1. The Labute approximate surface area is 117 Å². The summed E-state index contributed by atoms with van der Waals surface area (Å²) in [5.74, 6) is 0.699. The van der Waals surface area contributed by atoms with E-state index in [1.54, 1.807) is 0 Å². The average Bonchev–Trinajstić information content (AvgIpc) is 2.43. The molecular weight excluding hydrogens is 240 g/mol. The Balaban J connectivity index is 2.21. The quantitative estimate of drug-likeness (QED) is 0.685. The Morgan fingerprint density at radius 3 is 2.68 bits per heavy atom. The van der Waals surface area contributed by atoms with E-state index in [9.17, 15) is 4.79 Å². The summed E-state index contributed by atoms with van der Waals surface area (Å²) >= 11 is 0. The van der Waals surface area contributed by atoms with Crippen LogP contribution in [0.4, 0.5) is 0 Å². The summed E-state index contributed by atoms with van der Waals surface area (Å²) in [6.45, 7) is 5.49. The molecule has 0 amide bonds. The molecule has 1 unspecified atom stereocenters. The van der Waals surface area contributed by atoms with Crippen LogP contribution in [0.2, 0.25) is 0 Å². The lowest BCUT2D eigenvalue weighted by atomic mass is 9.94. The van der Waals surface area contributed by atoms with Crippen molar-refractivity contribution >= 4 is 5.97 Å². The molecule has 1 heterocycles. The Morgan fingerprint density at radius 1 is 1.42 bits per heavy atom. The lowest BCUT2D eigenvalue weighted by Gasteiger charge is -2.29. The number of rotatable bonds is 8. The standard InChI is InChI=1S/C15H30N2O2/c1-4-5-6-14(15(18)19-3)16-10-7-13-8-11-17(2)12-9-13/h13-14,16H,4-12H2,1-3H3. The fraction of sp³-hybridized carbons (Fsp3) is 0.933. The van der Waals surface area contributed by atoms with Gasteiger partial charge in [-0.15, -0.1) is 0 Å². The summed E-state index contributed by atoms with van der Waals surface area (Å²) < 4.78 is 4.86. The first kappa shape index (κ1) is 16.4. The smallest absolute Gasteiger partial charge is 0.322 e. The molecule has 4 heteroatoms. The highest BCUT2D eigenvalue weighted by Gasteiger charge is 2.20. The second-order valence-electron chi connectivity index (χ2n) is 5.71. The molecule has 0 saturated carbocycles. The van der Waals surface area contributed by atoms with E-state index < -0.39 is 0 Å². The number of esters is 1. The molecule has 0 spiro atoms. The minimum atomic E-state index is -0.115. The Bertz CT molecular complexity index is 251. The fourth-order valence-electron chi connectivity index (χ4n) is 2.67. The van der Waals surface area contributed by atoms with Crippen LogP contribution in [-0.2, 0) is 9.53 Å². The van der Waals surface area contributed by atoms with E-state index in [0.717, 1.165) is 31.7 Å². The van der Waals surface area contributed by atoms with E-state index in [1.807, 2.05) is 0 Å². The van der Waals surface area contributed by atoms with Gasteiger partial charge < -0.3 is 15.0 Å². The average molecular weight is 270 g/mol. The minimum Gasteiger partial charge on any atom is -0.468 e. The zero-order valence-electron chi connectivity index (χ0n) is 12.8. The largest absolute Gasteiger partial charge is 0.468 e. The SMILES string of the molecule is CCCCC(NCCC1CCN(C)CC1)C(=O)OC. The van der Waals surface area contributed by atoms with Gasteiger partial charge in [-0.1, -0.05) is 19.8 Å². The summed E-state index contributed by atoms with van der Waals surface area (Å²) in [6.07, 6.45) is 6.82. The highest BCUT2D eigenvalue weighted by atomic mass is 16.5. The molecule has 0 aliphatic carbocycles. The van der Waals surface area contributed by atoms with Crippen LogP contribution >= 0.6 is 0 Å². The van der Waals surface area contributed by atoms with E-state index in [-0.39, 0.29) is 12.0 Å². The lowest BCUT2D eigenvalue weighted by Crippen LogP contribution is -2.39. The number of unbranched alkanes of at least 4 members (excludes halogenated alkanes) is 1. The normalized spacial score (nSPS) is 19.3. The number of nitrogens with one attached hydrogen (secondary N) is 1. The third kappa shape index (κ3) is 6.39. The number of hydrogen-bond acceptors (Lipinski definition) is 4. The number of hydrogen-bond donors (Lipinski definition) is 1. The van der Waals surface area contributed by atoms with Gasteiger partial charge in [0.1, 0.15) is 6.04 Å². The highest BCUT2D eigenvalue weighted by molar-refractivity contribution is 5.75. The summed E-state index contributed by atoms with van der Waals surface area (Å²) in [7, 11) is 3.66. The van der Waals surface area contributed by atoms with Crippen molar-refractivity contribution in [3.05, 3.63) is 0 Å². The van der Waals surface area contributed by atoms with E-state index in [4.69, 9.17) is 4.74 Å². The maximum absolute atomic E-state index is 11.7. The van der Waals surface area contributed by atoms with Crippen molar-refractivity contribution in [3.8, 4) is 0 Å².